The van der Waals surface area contributed by atoms with Crippen LogP contribution in [0.1, 0.15) is 44.2 Å². The fourth-order valence-corrected chi connectivity index (χ4v) is 3.40. The minimum absolute atomic E-state index is 0.558. The second-order valence-electron chi connectivity index (χ2n) is 5.30. The maximum atomic E-state index is 2.71. The Morgan fingerprint density at radius 3 is 2.88 bits per heavy atom. The van der Waals surface area contributed by atoms with Crippen molar-refractivity contribution < 1.29 is 0 Å². The van der Waals surface area contributed by atoms with Crippen LogP contribution in [-0.4, -0.2) is 17.5 Å². The fraction of sp³-hybridized carbons (Fsp3) is 0.500. The molecule has 0 N–H and O–H groups in total. The molecule has 3 rings (SSSR count). The lowest BCUT2D eigenvalue weighted by Crippen LogP contribution is -2.41. The van der Waals surface area contributed by atoms with Crippen molar-refractivity contribution in [1.29, 1.82) is 0 Å². The summed E-state index contributed by atoms with van der Waals surface area (Å²) in [6, 6.07) is 12.2. The van der Waals surface area contributed by atoms with Crippen LogP contribution in [0.15, 0.2) is 42.0 Å². The van der Waals surface area contributed by atoms with Gasteiger partial charge >= 0.3 is 0 Å². The van der Waals surface area contributed by atoms with Crippen molar-refractivity contribution >= 4 is 0 Å². The van der Waals surface area contributed by atoms with Gasteiger partial charge in [0, 0.05) is 12.1 Å². The van der Waals surface area contributed by atoms with E-state index in [4.69, 9.17) is 0 Å². The van der Waals surface area contributed by atoms with Gasteiger partial charge in [-0.2, -0.15) is 0 Å². The van der Waals surface area contributed by atoms with Crippen molar-refractivity contribution in [3.8, 4) is 0 Å². The van der Waals surface area contributed by atoms with Crippen molar-refractivity contribution in [2.24, 2.45) is 0 Å². The molecule has 90 valence electrons. The summed E-state index contributed by atoms with van der Waals surface area (Å²) in [7, 11) is 0. The fourth-order valence-electron chi connectivity index (χ4n) is 3.40. The molecule has 0 aromatic heterocycles. The number of hydrogen-bond acceptors (Lipinski definition) is 1. The predicted molar refractivity (Wildman–Crippen MR) is 71.9 cm³/mol. The van der Waals surface area contributed by atoms with Gasteiger partial charge in [0.2, 0.25) is 0 Å². The number of fused-ring (bicyclic) bond motifs is 1. The molecular weight excluding hydrogens is 206 g/mol. The molecule has 2 unspecified atom stereocenters. The zero-order chi connectivity index (χ0) is 11.7. The van der Waals surface area contributed by atoms with Crippen molar-refractivity contribution in [2.45, 2.75) is 44.7 Å². The highest BCUT2D eigenvalue weighted by atomic mass is 15.2. The molecule has 0 spiro atoms. The molecule has 1 heterocycles. The standard InChI is InChI=1S/C16H21N/c1-13(14-7-3-2-4-8-14)17-12-6-10-15-9-5-11-16(15)17/h2-4,7-9,13,16H,5-6,10-12H2,1H3. The topological polar surface area (TPSA) is 3.24 Å². The first-order valence-electron chi connectivity index (χ1n) is 6.86. The molecule has 1 saturated heterocycles. The second-order valence-corrected chi connectivity index (χ2v) is 5.30. The highest BCUT2D eigenvalue weighted by Gasteiger charge is 2.32. The summed E-state index contributed by atoms with van der Waals surface area (Å²) >= 11 is 0. The monoisotopic (exact) mass is 227 g/mol. The minimum Gasteiger partial charge on any atom is -0.290 e. The first-order chi connectivity index (χ1) is 8.36. The van der Waals surface area contributed by atoms with Crippen LogP contribution in [0.5, 0.6) is 0 Å². The van der Waals surface area contributed by atoms with Gasteiger partial charge in [-0.3, -0.25) is 4.90 Å². The van der Waals surface area contributed by atoms with Gasteiger partial charge in [-0.15, -0.1) is 0 Å². The van der Waals surface area contributed by atoms with E-state index in [1.165, 1.54) is 37.8 Å². The number of hydrogen-bond donors (Lipinski definition) is 0. The van der Waals surface area contributed by atoms with E-state index < -0.39 is 0 Å². The van der Waals surface area contributed by atoms with Gasteiger partial charge in [-0.25, -0.2) is 0 Å². The Bertz CT molecular complexity index is 407. The van der Waals surface area contributed by atoms with E-state index in [1.807, 2.05) is 0 Å². The molecule has 1 aliphatic heterocycles. The Kier molecular flexibility index (Phi) is 3.02. The zero-order valence-corrected chi connectivity index (χ0v) is 10.6. The Labute approximate surface area is 104 Å². The van der Waals surface area contributed by atoms with Gasteiger partial charge in [0.25, 0.3) is 0 Å². The first-order valence-corrected chi connectivity index (χ1v) is 6.86. The SMILES string of the molecule is CC(c1ccccc1)N1CCCC2=CCCC21. The van der Waals surface area contributed by atoms with E-state index in [2.05, 4.69) is 48.2 Å². The maximum absolute atomic E-state index is 2.71. The third-order valence-electron chi connectivity index (χ3n) is 4.34. The number of benzene rings is 1. The van der Waals surface area contributed by atoms with Crippen molar-refractivity contribution in [2.75, 3.05) is 6.54 Å². The number of allylic oxidation sites excluding steroid dienone is 1. The van der Waals surface area contributed by atoms with Gasteiger partial charge in [0.1, 0.15) is 0 Å². The van der Waals surface area contributed by atoms with E-state index in [0.29, 0.717) is 6.04 Å². The van der Waals surface area contributed by atoms with Crippen molar-refractivity contribution in [3.05, 3.63) is 47.5 Å². The average molecular weight is 227 g/mol. The summed E-state index contributed by atoms with van der Waals surface area (Å²) in [6.45, 7) is 3.62. The Balaban J connectivity index is 1.82. The van der Waals surface area contributed by atoms with Gasteiger partial charge in [-0.05, 0) is 44.7 Å². The predicted octanol–water partition coefficient (Wildman–Crippen LogP) is 3.93. The molecule has 2 atom stereocenters. The first kappa shape index (κ1) is 11.0. The lowest BCUT2D eigenvalue weighted by Gasteiger charge is -2.39. The van der Waals surface area contributed by atoms with Crippen molar-refractivity contribution in [1.82, 2.24) is 4.90 Å². The Morgan fingerprint density at radius 1 is 1.24 bits per heavy atom. The van der Waals surface area contributed by atoms with Crippen molar-refractivity contribution in [3.63, 3.8) is 0 Å². The van der Waals surface area contributed by atoms with Gasteiger partial charge in [0.05, 0.1) is 0 Å². The molecule has 1 aromatic carbocycles. The largest absolute Gasteiger partial charge is 0.290 e. The van der Waals surface area contributed by atoms with Crippen LogP contribution in [0.4, 0.5) is 0 Å². The molecule has 0 amide bonds. The summed E-state index contributed by atoms with van der Waals surface area (Å²) in [6.07, 6.45) is 7.78. The maximum Gasteiger partial charge on any atom is 0.0325 e. The summed E-state index contributed by atoms with van der Waals surface area (Å²) < 4.78 is 0. The van der Waals surface area contributed by atoms with Crippen LogP contribution in [0.25, 0.3) is 0 Å². The van der Waals surface area contributed by atoms with Crippen LogP contribution >= 0.6 is 0 Å². The number of nitrogens with zero attached hydrogens (tertiary/aromatic N) is 1. The lowest BCUT2D eigenvalue weighted by molar-refractivity contribution is 0.140. The third kappa shape index (κ3) is 2.04. The Hall–Kier alpha value is -1.08. The van der Waals surface area contributed by atoms with Crippen LogP contribution in [0.3, 0.4) is 0 Å². The molecule has 1 nitrogen and oxygen atoms in total. The van der Waals surface area contributed by atoms with E-state index >= 15 is 0 Å². The molecule has 17 heavy (non-hydrogen) atoms. The third-order valence-corrected chi connectivity index (χ3v) is 4.34. The van der Waals surface area contributed by atoms with Gasteiger partial charge in [0.15, 0.2) is 0 Å². The smallest absolute Gasteiger partial charge is 0.0325 e. The molecule has 1 heteroatoms. The average Bonchev–Trinajstić information content (AvgIpc) is 2.87. The molecule has 0 bridgehead atoms. The molecule has 0 radical (unpaired) electrons. The quantitative estimate of drug-likeness (QED) is 0.692. The number of piperidine rings is 1. The zero-order valence-electron chi connectivity index (χ0n) is 10.6. The lowest BCUT2D eigenvalue weighted by atomic mass is 9.94. The van der Waals surface area contributed by atoms with Crippen LogP contribution < -0.4 is 0 Å². The molecule has 1 aromatic rings. The van der Waals surface area contributed by atoms with Gasteiger partial charge < -0.3 is 0 Å². The Morgan fingerprint density at radius 2 is 2.06 bits per heavy atom. The van der Waals surface area contributed by atoms with E-state index in [1.54, 1.807) is 5.57 Å². The highest BCUT2D eigenvalue weighted by Crippen LogP contribution is 2.36. The number of rotatable bonds is 2. The van der Waals surface area contributed by atoms with Crippen LogP contribution in [0.2, 0.25) is 0 Å². The summed E-state index contributed by atoms with van der Waals surface area (Å²) in [5, 5.41) is 0. The molecule has 0 saturated carbocycles. The van der Waals surface area contributed by atoms with E-state index in [9.17, 15) is 0 Å². The molecule has 1 aliphatic carbocycles. The van der Waals surface area contributed by atoms with E-state index in [-0.39, 0.29) is 0 Å². The highest BCUT2D eigenvalue weighted by molar-refractivity contribution is 5.23. The van der Waals surface area contributed by atoms with Crippen LogP contribution in [0, 0.1) is 0 Å². The minimum atomic E-state index is 0.558. The second kappa shape index (κ2) is 4.66. The molecule has 2 aliphatic rings. The molecule has 1 fully saturated rings. The normalized spacial score (nSPS) is 26.4. The summed E-state index contributed by atoms with van der Waals surface area (Å²) in [4.78, 5) is 2.71. The van der Waals surface area contributed by atoms with Gasteiger partial charge in [-0.1, -0.05) is 42.0 Å². The van der Waals surface area contributed by atoms with Crippen LogP contribution in [-0.2, 0) is 0 Å². The summed E-state index contributed by atoms with van der Waals surface area (Å²) in [5.41, 5.74) is 3.17. The van der Waals surface area contributed by atoms with E-state index in [0.717, 1.165) is 6.04 Å². The number of likely N-dealkylation sites (tertiary alicyclic amines) is 1. The summed E-state index contributed by atoms with van der Waals surface area (Å²) in [5.74, 6) is 0. The molecular formula is C16H21N.